The van der Waals surface area contributed by atoms with Gasteiger partial charge in [0, 0.05) is 18.3 Å². The van der Waals surface area contributed by atoms with Gasteiger partial charge in [-0.15, -0.1) is 0 Å². The van der Waals surface area contributed by atoms with Crippen LogP contribution >= 0.6 is 0 Å². The molecule has 1 aromatic rings. The van der Waals surface area contributed by atoms with Crippen LogP contribution in [0.1, 0.15) is 52.5 Å². The van der Waals surface area contributed by atoms with Crippen LogP contribution in [0.5, 0.6) is 0 Å². The molecule has 1 atom stereocenters. The standard InChI is InChI=1S/C18H26FN/c1-5-17(14-8-10-15(19)11-9-14)20-12-6-7-16(20)13-18(2,3)4/h5,8-11,16H,6-7,12-13H2,1-4H3/b17-5+/t16-/m0/s1. The molecule has 0 aliphatic carbocycles. The van der Waals surface area contributed by atoms with Crippen molar-refractivity contribution in [2.45, 2.75) is 53.0 Å². The van der Waals surface area contributed by atoms with Gasteiger partial charge in [-0.1, -0.05) is 39.0 Å². The summed E-state index contributed by atoms with van der Waals surface area (Å²) < 4.78 is 13.1. The maximum atomic E-state index is 13.1. The van der Waals surface area contributed by atoms with Crippen LogP contribution in [-0.2, 0) is 0 Å². The van der Waals surface area contributed by atoms with Crippen molar-refractivity contribution >= 4 is 5.70 Å². The van der Waals surface area contributed by atoms with E-state index in [4.69, 9.17) is 0 Å². The summed E-state index contributed by atoms with van der Waals surface area (Å²) in [5.41, 5.74) is 2.71. The summed E-state index contributed by atoms with van der Waals surface area (Å²) in [7, 11) is 0. The minimum atomic E-state index is -0.170. The van der Waals surface area contributed by atoms with Crippen molar-refractivity contribution in [1.29, 1.82) is 0 Å². The van der Waals surface area contributed by atoms with Crippen LogP contribution in [0.15, 0.2) is 30.3 Å². The van der Waals surface area contributed by atoms with Crippen LogP contribution in [0.2, 0.25) is 0 Å². The average Bonchev–Trinajstić information content (AvgIpc) is 2.78. The highest BCUT2D eigenvalue weighted by molar-refractivity contribution is 5.64. The summed E-state index contributed by atoms with van der Waals surface area (Å²) in [6.07, 6.45) is 5.87. The molecule has 2 rings (SSSR count). The van der Waals surface area contributed by atoms with Gasteiger partial charge in [0.2, 0.25) is 0 Å². The van der Waals surface area contributed by atoms with Crippen molar-refractivity contribution in [1.82, 2.24) is 4.90 Å². The minimum absolute atomic E-state index is 0.170. The molecule has 2 heteroatoms. The van der Waals surface area contributed by atoms with Crippen LogP contribution in [0, 0.1) is 11.2 Å². The molecule has 1 aromatic carbocycles. The van der Waals surface area contributed by atoms with Gasteiger partial charge in [0.25, 0.3) is 0 Å². The molecule has 1 aliphatic rings. The van der Waals surface area contributed by atoms with Crippen LogP contribution in [-0.4, -0.2) is 17.5 Å². The lowest BCUT2D eigenvalue weighted by atomic mass is 9.87. The van der Waals surface area contributed by atoms with Crippen LogP contribution in [0.25, 0.3) is 5.70 Å². The number of halogens is 1. The van der Waals surface area contributed by atoms with Gasteiger partial charge in [-0.2, -0.15) is 0 Å². The van der Waals surface area contributed by atoms with E-state index in [-0.39, 0.29) is 5.82 Å². The van der Waals surface area contributed by atoms with Gasteiger partial charge in [-0.05, 0) is 49.3 Å². The first-order valence-corrected chi connectivity index (χ1v) is 7.59. The Bertz CT molecular complexity index is 467. The van der Waals surface area contributed by atoms with Crippen LogP contribution in [0.4, 0.5) is 4.39 Å². The first-order chi connectivity index (χ1) is 9.40. The molecule has 110 valence electrons. The molecule has 0 amide bonds. The van der Waals surface area contributed by atoms with Gasteiger partial charge in [0.05, 0.1) is 0 Å². The number of benzene rings is 1. The van der Waals surface area contributed by atoms with Gasteiger partial charge >= 0.3 is 0 Å². The normalized spacial score (nSPS) is 20.6. The summed E-state index contributed by atoms with van der Waals surface area (Å²) in [6, 6.07) is 7.47. The highest BCUT2D eigenvalue weighted by Gasteiger charge is 2.30. The Morgan fingerprint density at radius 3 is 2.50 bits per heavy atom. The van der Waals surface area contributed by atoms with E-state index >= 15 is 0 Å². The number of likely N-dealkylation sites (tertiary alicyclic amines) is 1. The minimum Gasteiger partial charge on any atom is -0.368 e. The molecule has 1 fully saturated rings. The van der Waals surface area contributed by atoms with Crippen molar-refractivity contribution in [2.24, 2.45) is 5.41 Å². The Morgan fingerprint density at radius 1 is 1.30 bits per heavy atom. The molecule has 1 nitrogen and oxygen atoms in total. The molecule has 1 saturated heterocycles. The van der Waals surface area contributed by atoms with E-state index in [1.54, 1.807) is 12.1 Å². The molecule has 0 saturated carbocycles. The molecule has 0 unspecified atom stereocenters. The van der Waals surface area contributed by atoms with E-state index in [1.807, 2.05) is 12.1 Å². The third-order valence-corrected chi connectivity index (χ3v) is 3.95. The number of hydrogen-bond donors (Lipinski definition) is 0. The Kier molecular flexibility index (Phi) is 4.52. The molecule has 0 bridgehead atoms. The topological polar surface area (TPSA) is 3.24 Å². The molecular formula is C18H26FN. The van der Waals surface area contributed by atoms with Crippen molar-refractivity contribution in [2.75, 3.05) is 6.54 Å². The molecule has 0 aromatic heterocycles. The zero-order chi connectivity index (χ0) is 14.8. The summed E-state index contributed by atoms with van der Waals surface area (Å²) in [4.78, 5) is 2.51. The lowest BCUT2D eigenvalue weighted by Crippen LogP contribution is -2.31. The highest BCUT2D eigenvalue weighted by Crippen LogP contribution is 2.35. The lowest BCUT2D eigenvalue weighted by molar-refractivity contribution is 0.252. The van der Waals surface area contributed by atoms with Gasteiger partial charge < -0.3 is 4.90 Å². The van der Waals surface area contributed by atoms with Crippen LogP contribution in [0.3, 0.4) is 0 Å². The third-order valence-electron chi connectivity index (χ3n) is 3.95. The average molecular weight is 275 g/mol. The molecule has 0 spiro atoms. The highest BCUT2D eigenvalue weighted by atomic mass is 19.1. The predicted molar refractivity (Wildman–Crippen MR) is 83.9 cm³/mol. The molecular weight excluding hydrogens is 249 g/mol. The summed E-state index contributed by atoms with van der Waals surface area (Å²) >= 11 is 0. The van der Waals surface area contributed by atoms with Gasteiger partial charge in [-0.3, -0.25) is 0 Å². The predicted octanol–water partition coefficient (Wildman–Crippen LogP) is 5.09. The number of rotatable bonds is 3. The Labute approximate surface area is 122 Å². The SMILES string of the molecule is C/C=C(\c1ccc(F)cc1)N1CCC[C@H]1CC(C)(C)C. The largest absolute Gasteiger partial charge is 0.368 e. The molecule has 1 aliphatic heterocycles. The molecule has 20 heavy (non-hydrogen) atoms. The zero-order valence-electron chi connectivity index (χ0n) is 13.1. The smallest absolute Gasteiger partial charge is 0.123 e. The van der Waals surface area contributed by atoms with E-state index in [1.165, 1.54) is 25.0 Å². The maximum absolute atomic E-state index is 13.1. The molecule has 0 radical (unpaired) electrons. The lowest BCUT2D eigenvalue weighted by Gasteiger charge is -2.33. The molecule has 0 N–H and O–H groups in total. The first-order valence-electron chi connectivity index (χ1n) is 7.59. The fourth-order valence-corrected chi connectivity index (χ4v) is 3.19. The van der Waals surface area contributed by atoms with Crippen molar-refractivity contribution in [3.8, 4) is 0 Å². The first kappa shape index (κ1) is 15.1. The van der Waals surface area contributed by atoms with Crippen molar-refractivity contribution < 1.29 is 4.39 Å². The number of allylic oxidation sites excluding steroid dienone is 1. The third kappa shape index (κ3) is 3.62. The second-order valence-electron chi connectivity index (χ2n) is 6.94. The van der Waals surface area contributed by atoms with Crippen LogP contribution < -0.4 is 0 Å². The Balaban J connectivity index is 2.20. The van der Waals surface area contributed by atoms with Gasteiger partial charge in [-0.25, -0.2) is 4.39 Å². The summed E-state index contributed by atoms with van der Waals surface area (Å²) in [5.74, 6) is -0.170. The monoisotopic (exact) mass is 275 g/mol. The van der Waals surface area contributed by atoms with Crippen molar-refractivity contribution in [3.05, 3.63) is 41.7 Å². The zero-order valence-corrected chi connectivity index (χ0v) is 13.1. The van der Waals surface area contributed by atoms with Gasteiger partial charge in [0.15, 0.2) is 0 Å². The number of nitrogens with zero attached hydrogens (tertiary/aromatic N) is 1. The maximum Gasteiger partial charge on any atom is 0.123 e. The summed E-state index contributed by atoms with van der Waals surface area (Å²) in [6.45, 7) is 10.1. The Hall–Kier alpha value is -1.31. The summed E-state index contributed by atoms with van der Waals surface area (Å²) in [5, 5.41) is 0. The van der Waals surface area contributed by atoms with E-state index in [9.17, 15) is 4.39 Å². The van der Waals surface area contributed by atoms with Gasteiger partial charge in [0.1, 0.15) is 5.82 Å². The van der Waals surface area contributed by atoms with E-state index in [0.717, 1.165) is 12.1 Å². The number of hydrogen-bond acceptors (Lipinski definition) is 1. The van der Waals surface area contributed by atoms with E-state index < -0.39 is 0 Å². The quantitative estimate of drug-likeness (QED) is 0.743. The second-order valence-corrected chi connectivity index (χ2v) is 6.94. The fraction of sp³-hybridized carbons (Fsp3) is 0.556. The fourth-order valence-electron chi connectivity index (χ4n) is 3.19. The molecule has 1 heterocycles. The van der Waals surface area contributed by atoms with E-state index in [2.05, 4.69) is 38.7 Å². The van der Waals surface area contributed by atoms with E-state index in [0.29, 0.717) is 11.5 Å². The van der Waals surface area contributed by atoms with Crippen molar-refractivity contribution in [3.63, 3.8) is 0 Å². The Morgan fingerprint density at radius 2 is 1.95 bits per heavy atom. The second kappa shape index (κ2) is 5.99.